The molecule has 0 amide bonds. The van der Waals surface area contributed by atoms with Crippen molar-refractivity contribution in [2.24, 2.45) is 0 Å². The second kappa shape index (κ2) is 16.7. The Morgan fingerprint density at radius 2 is 1.37 bits per heavy atom. The van der Waals surface area contributed by atoms with Crippen molar-refractivity contribution in [2.75, 3.05) is 13.2 Å². The summed E-state index contributed by atoms with van der Waals surface area (Å²) < 4.78 is 20.3. The zero-order valence-electron chi connectivity index (χ0n) is 18.4. The maximum atomic E-state index is 10.4. The number of benzene rings is 1. The first-order valence-corrected chi connectivity index (χ1v) is 12.9. The van der Waals surface area contributed by atoms with Gasteiger partial charge in [-0.05, 0) is 24.1 Å². The zero-order chi connectivity index (χ0) is 22.1. The third-order valence-corrected chi connectivity index (χ3v) is 5.55. The molecule has 1 aromatic rings. The lowest BCUT2D eigenvalue weighted by molar-refractivity contribution is -0.342. The van der Waals surface area contributed by atoms with Gasteiger partial charge in [0.2, 0.25) is 0 Å². The molecule has 0 saturated carbocycles. The van der Waals surface area contributed by atoms with E-state index in [4.69, 9.17) is 4.74 Å². The summed E-state index contributed by atoms with van der Waals surface area (Å²) in [4.78, 5) is 20.8. The summed E-state index contributed by atoms with van der Waals surface area (Å²) in [6.07, 6.45) is 14.9. The molecule has 1 aromatic carbocycles. The fourth-order valence-electron chi connectivity index (χ4n) is 3.36. The van der Waals surface area contributed by atoms with Crippen molar-refractivity contribution in [1.29, 1.82) is 0 Å². The highest BCUT2D eigenvalue weighted by atomic mass is 31.2. The van der Waals surface area contributed by atoms with Gasteiger partial charge in [-0.15, -0.1) is 0 Å². The molecule has 1 unspecified atom stereocenters. The molecule has 0 aliphatic heterocycles. The minimum absolute atomic E-state index is 0.207. The molecule has 0 fully saturated rings. The summed E-state index contributed by atoms with van der Waals surface area (Å²) in [5.74, 6) is 0.774. The number of aliphatic hydroxyl groups excluding tert-OH is 1. The van der Waals surface area contributed by atoms with Gasteiger partial charge in [0.25, 0.3) is 0 Å². The Labute approximate surface area is 182 Å². The Balaban J connectivity index is 2.00. The summed E-state index contributed by atoms with van der Waals surface area (Å²) in [5, 5.41) is 9.72. The molecule has 0 aliphatic rings. The Kier molecular flexibility index (Phi) is 15.1. The molecule has 0 radical (unpaired) electrons. The van der Waals surface area contributed by atoms with E-state index in [2.05, 4.69) is 11.4 Å². The lowest BCUT2D eigenvalue weighted by atomic mass is 10.1. The van der Waals surface area contributed by atoms with Crippen LogP contribution in [0, 0.1) is 0 Å². The van der Waals surface area contributed by atoms with E-state index >= 15 is 0 Å². The summed E-state index contributed by atoms with van der Waals surface area (Å²) in [6, 6.07) is 7.29. The SMILES string of the molecule is CCCCCCCCCCCCCCOc1ccc(CC(O)COP(=O)([O-])[O-])cc1. The van der Waals surface area contributed by atoms with E-state index in [1.807, 2.05) is 24.3 Å². The predicted octanol–water partition coefficient (Wildman–Crippen LogP) is 4.52. The number of phosphoric acid groups is 1. The zero-order valence-corrected chi connectivity index (χ0v) is 19.3. The third kappa shape index (κ3) is 15.9. The molecule has 1 atom stereocenters. The lowest BCUT2D eigenvalue weighted by Crippen LogP contribution is -2.23. The van der Waals surface area contributed by atoms with Crippen LogP contribution in [0.2, 0.25) is 0 Å². The number of unbranched alkanes of at least 4 members (excludes halogenated alkanes) is 11. The molecule has 0 aromatic heterocycles. The number of ether oxygens (including phenoxy) is 1. The van der Waals surface area contributed by atoms with E-state index in [-0.39, 0.29) is 6.42 Å². The standard InChI is InChI=1S/C23H41O6P/c1-2-3-4-5-6-7-8-9-10-11-12-13-18-28-23-16-14-21(15-17-23)19-22(24)20-29-30(25,26)27/h14-17,22,24H,2-13,18-20H2,1H3,(H2,25,26,27)/p-2. The molecule has 7 heteroatoms. The molecule has 0 aliphatic carbocycles. The average Bonchev–Trinajstić information content (AvgIpc) is 2.70. The largest absolute Gasteiger partial charge is 0.790 e. The molecular formula is C23H39O6P-2. The number of rotatable bonds is 19. The molecule has 174 valence electrons. The number of hydrogen-bond donors (Lipinski definition) is 1. The van der Waals surface area contributed by atoms with Crippen LogP contribution in [0.1, 0.15) is 89.5 Å². The van der Waals surface area contributed by atoms with Crippen LogP contribution in [-0.2, 0) is 15.5 Å². The lowest BCUT2D eigenvalue weighted by Gasteiger charge is -2.29. The fourth-order valence-corrected chi connectivity index (χ4v) is 3.72. The minimum atomic E-state index is -5.05. The van der Waals surface area contributed by atoms with Crippen molar-refractivity contribution in [3.8, 4) is 5.75 Å². The van der Waals surface area contributed by atoms with Crippen LogP contribution in [0.25, 0.3) is 0 Å². The number of hydrogen-bond acceptors (Lipinski definition) is 6. The molecule has 0 spiro atoms. The molecule has 0 bridgehead atoms. The van der Waals surface area contributed by atoms with Gasteiger partial charge < -0.3 is 28.7 Å². The van der Waals surface area contributed by atoms with Crippen molar-refractivity contribution in [3.63, 3.8) is 0 Å². The van der Waals surface area contributed by atoms with Crippen LogP contribution in [-0.4, -0.2) is 24.4 Å². The highest BCUT2D eigenvalue weighted by Gasteiger charge is 2.07. The van der Waals surface area contributed by atoms with Crippen molar-refractivity contribution in [2.45, 2.75) is 96.5 Å². The van der Waals surface area contributed by atoms with Crippen molar-refractivity contribution >= 4 is 7.82 Å². The highest BCUT2D eigenvalue weighted by molar-refractivity contribution is 7.43. The molecule has 1 rings (SSSR count). The third-order valence-electron chi connectivity index (χ3n) is 5.09. The van der Waals surface area contributed by atoms with Gasteiger partial charge in [-0.2, -0.15) is 0 Å². The maximum Gasteiger partial charge on any atom is 0.119 e. The van der Waals surface area contributed by atoms with E-state index in [1.165, 1.54) is 70.6 Å². The van der Waals surface area contributed by atoms with Gasteiger partial charge in [-0.3, -0.25) is 0 Å². The topological polar surface area (TPSA) is 102 Å². The summed E-state index contributed by atoms with van der Waals surface area (Å²) in [7, 11) is -5.05. The smallest absolute Gasteiger partial charge is 0.119 e. The normalized spacial score (nSPS) is 12.8. The Hall–Kier alpha value is -0.910. The molecule has 6 nitrogen and oxygen atoms in total. The average molecular weight is 443 g/mol. The molecule has 30 heavy (non-hydrogen) atoms. The molecule has 0 saturated heterocycles. The van der Waals surface area contributed by atoms with Crippen molar-refractivity contribution in [3.05, 3.63) is 29.8 Å². The van der Waals surface area contributed by atoms with Crippen molar-refractivity contribution in [1.82, 2.24) is 0 Å². The van der Waals surface area contributed by atoms with E-state index < -0.39 is 20.5 Å². The van der Waals surface area contributed by atoms with E-state index in [0.29, 0.717) is 6.61 Å². The van der Waals surface area contributed by atoms with E-state index in [1.54, 1.807) is 0 Å². The van der Waals surface area contributed by atoms with Gasteiger partial charge in [0, 0.05) is 6.42 Å². The summed E-state index contributed by atoms with van der Waals surface area (Å²) >= 11 is 0. The van der Waals surface area contributed by atoms with Crippen LogP contribution in [0.5, 0.6) is 5.75 Å². The maximum absolute atomic E-state index is 10.4. The molecular weight excluding hydrogens is 403 g/mol. The van der Waals surface area contributed by atoms with E-state index in [9.17, 15) is 19.5 Å². The van der Waals surface area contributed by atoms with Crippen LogP contribution in [0.3, 0.4) is 0 Å². The van der Waals surface area contributed by atoms with Crippen LogP contribution in [0.15, 0.2) is 24.3 Å². The summed E-state index contributed by atoms with van der Waals surface area (Å²) in [5.41, 5.74) is 0.815. The second-order valence-corrected chi connectivity index (χ2v) is 9.14. The first-order chi connectivity index (χ1) is 14.4. The van der Waals surface area contributed by atoms with Gasteiger partial charge in [0.15, 0.2) is 0 Å². The molecule has 1 N–H and O–H groups in total. The Morgan fingerprint density at radius 1 is 0.867 bits per heavy atom. The monoisotopic (exact) mass is 442 g/mol. The van der Waals surface area contributed by atoms with Crippen LogP contribution in [0.4, 0.5) is 0 Å². The van der Waals surface area contributed by atoms with Crippen molar-refractivity contribution < 1.29 is 28.7 Å². The Morgan fingerprint density at radius 3 is 1.87 bits per heavy atom. The van der Waals surface area contributed by atoms with Gasteiger partial charge in [-0.25, -0.2) is 0 Å². The van der Waals surface area contributed by atoms with E-state index in [0.717, 1.165) is 17.7 Å². The summed E-state index contributed by atoms with van der Waals surface area (Å²) in [6.45, 7) is 2.42. The number of phosphoric ester groups is 1. The first kappa shape index (κ1) is 27.1. The van der Waals surface area contributed by atoms with Gasteiger partial charge >= 0.3 is 0 Å². The highest BCUT2D eigenvalue weighted by Crippen LogP contribution is 2.25. The van der Waals surface area contributed by atoms with Gasteiger partial charge in [-0.1, -0.05) is 89.7 Å². The second-order valence-electron chi connectivity index (χ2n) is 7.98. The van der Waals surface area contributed by atoms with Crippen LogP contribution < -0.4 is 14.5 Å². The molecule has 0 heterocycles. The first-order valence-electron chi connectivity index (χ1n) is 11.5. The fraction of sp³-hybridized carbons (Fsp3) is 0.739. The number of aliphatic hydroxyl groups is 1. The van der Waals surface area contributed by atoms with Gasteiger partial charge in [0.05, 0.1) is 27.1 Å². The van der Waals surface area contributed by atoms with Crippen LogP contribution >= 0.6 is 7.82 Å². The Bertz CT molecular complexity index is 572. The predicted molar refractivity (Wildman–Crippen MR) is 116 cm³/mol. The van der Waals surface area contributed by atoms with Gasteiger partial charge in [0.1, 0.15) is 5.75 Å². The quantitative estimate of drug-likeness (QED) is 0.250. The minimum Gasteiger partial charge on any atom is -0.790 e.